The van der Waals surface area contributed by atoms with E-state index in [4.69, 9.17) is 0 Å². The van der Waals surface area contributed by atoms with E-state index >= 15 is 0 Å². The lowest BCUT2D eigenvalue weighted by molar-refractivity contribution is -0.133. The second kappa shape index (κ2) is 7.20. The summed E-state index contributed by atoms with van der Waals surface area (Å²) < 4.78 is 1.95. The molecule has 0 spiro atoms. The SMILES string of the molecule is O=C(CCn1ccnc1)N1CCC[C@H](Cc2cccnc2)C1. The van der Waals surface area contributed by atoms with Crippen LogP contribution in [0.15, 0.2) is 43.2 Å². The van der Waals surface area contributed by atoms with Gasteiger partial charge in [-0.2, -0.15) is 0 Å². The number of nitrogens with zero attached hydrogens (tertiary/aromatic N) is 4. The largest absolute Gasteiger partial charge is 0.342 e. The number of rotatable bonds is 5. The molecule has 0 aliphatic carbocycles. The summed E-state index contributed by atoms with van der Waals surface area (Å²) >= 11 is 0. The Morgan fingerprint density at radius 1 is 1.32 bits per heavy atom. The van der Waals surface area contributed by atoms with Gasteiger partial charge in [0.1, 0.15) is 0 Å². The van der Waals surface area contributed by atoms with Gasteiger partial charge in [-0.05, 0) is 36.8 Å². The van der Waals surface area contributed by atoms with Gasteiger partial charge in [0, 0.05) is 50.8 Å². The van der Waals surface area contributed by atoms with Gasteiger partial charge < -0.3 is 9.47 Å². The zero-order valence-electron chi connectivity index (χ0n) is 12.8. The number of hydrogen-bond acceptors (Lipinski definition) is 3. The highest BCUT2D eigenvalue weighted by atomic mass is 16.2. The molecule has 1 aliphatic rings. The first-order valence-corrected chi connectivity index (χ1v) is 7.93. The molecule has 2 aromatic rings. The molecule has 3 rings (SSSR count). The summed E-state index contributed by atoms with van der Waals surface area (Å²) in [6.45, 7) is 2.48. The highest BCUT2D eigenvalue weighted by molar-refractivity contribution is 5.76. The standard InChI is InChI=1S/C17H22N4O/c22-17(5-9-20-10-7-19-14-20)21-8-2-4-16(13-21)11-15-3-1-6-18-12-15/h1,3,6-7,10,12,14,16H,2,4-5,8-9,11,13H2/t16-/m1/s1. The summed E-state index contributed by atoms with van der Waals surface area (Å²) in [5.41, 5.74) is 1.26. The fourth-order valence-corrected chi connectivity index (χ4v) is 3.11. The molecular formula is C17H22N4O. The Labute approximate surface area is 131 Å². The average Bonchev–Trinajstić information content (AvgIpc) is 3.07. The lowest BCUT2D eigenvalue weighted by Crippen LogP contribution is -2.40. The fraction of sp³-hybridized carbons (Fsp3) is 0.471. The Kier molecular flexibility index (Phi) is 4.83. The van der Waals surface area contributed by atoms with Crippen LogP contribution in [0.5, 0.6) is 0 Å². The van der Waals surface area contributed by atoms with Crippen LogP contribution in [0.25, 0.3) is 0 Å². The number of aromatic nitrogens is 3. The summed E-state index contributed by atoms with van der Waals surface area (Å²) in [4.78, 5) is 22.6. The van der Waals surface area contributed by atoms with Crippen LogP contribution in [0.2, 0.25) is 0 Å². The smallest absolute Gasteiger partial charge is 0.224 e. The van der Waals surface area contributed by atoms with Crippen molar-refractivity contribution in [3.05, 3.63) is 48.8 Å². The molecule has 1 aliphatic heterocycles. The lowest BCUT2D eigenvalue weighted by atomic mass is 9.92. The topological polar surface area (TPSA) is 51.0 Å². The van der Waals surface area contributed by atoms with Crippen LogP contribution in [0.4, 0.5) is 0 Å². The zero-order chi connectivity index (χ0) is 15.2. The van der Waals surface area contributed by atoms with Crippen molar-refractivity contribution in [3.8, 4) is 0 Å². The van der Waals surface area contributed by atoms with Crippen LogP contribution in [-0.4, -0.2) is 38.4 Å². The van der Waals surface area contributed by atoms with E-state index in [-0.39, 0.29) is 5.91 Å². The maximum absolute atomic E-state index is 12.4. The van der Waals surface area contributed by atoms with Crippen molar-refractivity contribution in [2.75, 3.05) is 13.1 Å². The van der Waals surface area contributed by atoms with Crippen molar-refractivity contribution in [3.63, 3.8) is 0 Å². The van der Waals surface area contributed by atoms with E-state index in [1.807, 2.05) is 27.9 Å². The van der Waals surface area contributed by atoms with Crippen LogP contribution < -0.4 is 0 Å². The minimum Gasteiger partial charge on any atom is -0.342 e. The van der Waals surface area contributed by atoms with E-state index in [2.05, 4.69) is 16.0 Å². The lowest BCUT2D eigenvalue weighted by Gasteiger charge is -2.33. The van der Waals surface area contributed by atoms with Crippen molar-refractivity contribution in [2.24, 2.45) is 5.92 Å². The third-order valence-electron chi connectivity index (χ3n) is 4.26. The maximum atomic E-state index is 12.4. The van der Waals surface area contributed by atoms with E-state index in [1.54, 1.807) is 18.7 Å². The molecule has 2 aromatic heterocycles. The molecule has 1 fully saturated rings. The molecule has 0 unspecified atom stereocenters. The number of pyridine rings is 1. The van der Waals surface area contributed by atoms with Gasteiger partial charge in [-0.15, -0.1) is 0 Å². The average molecular weight is 298 g/mol. The van der Waals surface area contributed by atoms with Crippen molar-refractivity contribution in [1.82, 2.24) is 19.4 Å². The van der Waals surface area contributed by atoms with E-state index in [9.17, 15) is 4.79 Å². The summed E-state index contributed by atoms with van der Waals surface area (Å²) in [6.07, 6.45) is 13.0. The maximum Gasteiger partial charge on any atom is 0.224 e. The van der Waals surface area contributed by atoms with E-state index in [0.29, 0.717) is 18.9 Å². The number of hydrogen-bond donors (Lipinski definition) is 0. The van der Waals surface area contributed by atoms with Crippen LogP contribution in [0.1, 0.15) is 24.8 Å². The number of carbonyl (C=O) groups is 1. The van der Waals surface area contributed by atoms with Gasteiger partial charge in [0.05, 0.1) is 6.33 Å². The molecule has 0 bridgehead atoms. The van der Waals surface area contributed by atoms with E-state index < -0.39 is 0 Å². The third kappa shape index (κ3) is 3.93. The molecular weight excluding hydrogens is 276 g/mol. The second-order valence-electron chi connectivity index (χ2n) is 5.96. The summed E-state index contributed by atoms with van der Waals surface area (Å²) in [5, 5.41) is 0. The Balaban J connectivity index is 1.50. The minimum atomic E-state index is 0.254. The van der Waals surface area contributed by atoms with Crippen molar-refractivity contribution >= 4 is 5.91 Å². The molecule has 5 nitrogen and oxygen atoms in total. The zero-order valence-corrected chi connectivity index (χ0v) is 12.8. The first-order chi connectivity index (χ1) is 10.8. The molecule has 0 radical (unpaired) electrons. The number of likely N-dealkylation sites (tertiary alicyclic amines) is 1. The molecule has 3 heterocycles. The number of imidazole rings is 1. The number of piperidine rings is 1. The fourth-order valence-electron chi connectivity index (χ4n) is 3.11. The van der Waals surface area contributed by atoms with Gasteiger partial charge in [0.15, 0.2) is 0 Å². The molecule has 116 valence electrons. The van der Waals surface area contributed by atoms with E-state index in [0.717, 1.165) is 25.9 Å². The number of amides is 1. The van der Waals surface area contributed by atoms with Crippen LogP contribution in [-0.2, 0) is 17.8 Å². The van der Waals surface area contributed by atoms with Crippen molar-refractivity contribution < 1.29 is 4.79 Å². The Morgan fingerprint density at radius 3 is 3.05 bits per heavy atom. The molecule has 1 saturated heterocycles. The van der Waals surface area contributed by atoms with Crippen LogP contribution in [0.3, 0.4) is 0 Å². The van der Waals surface area contributed by atoms with Crippen molar-refractivity contribution in [2.45, 2.75) is 32.2 Å². The Hall–Kier alpha value is -2.17. The quantitative estimate of drug-likeness (QED) is 0.850. The summed E-state index contributed by atoms with van der Waals surface area (Å²) in [5.74, 6) is 0.805. The predicted octanol–water partition coefficient (Wildman–Crippen LogP) is 2.15. The van der Waals surface area contributed by atoms with Crippen LogP contribution in [0, 0.1) is 5.92 Å². The van der Waals surface area contributed by atoms with Crippen LogP contribution >= 0.6 is 0 Å². The van der Waals surface area contributed by atoms with Crippen molar-refractivity contribution in [1.29, 1.82) is 0 Å². The first-order valence-electron chi connectivity index (χ1n) is 7.93. The van der Waals surface area contributed by atoms with Gasteiger partial charge in [0.2, 0.25) is 5.91 Å². The summed E-state index contributed by atoms with van der Waals surface area (Å²) in [6, 6.07) is 4.10. The summed E-state index contributed by atoms with van der Waals surface area (Å²) in [7, 11) is 0. The Morgan fingerprint density at radius 2 is 2.27 bits per heavy atom. The van der Waals surface area contributed by atoms with Gasteiger partial charge in [-0.25, -0.2) is 4.98 Å². The van der Waals surface area contributed by atoms with Gasteiger partial charge >= 0.3 is 0 Å². The molecule has 1 atom stereocenters. The Bertz CT molecular complexity index is 582. The monoisotopic (exact) mass is 298 g/mol. The normalized spacial score (nSPS) is 18.4. The predicted molar refractivity (Wildman–Crippen MR) is 84.1 cm³/mol. The van der Waals surface area contributed by atoms with Gasteiger partial charge in [-0.3, -0.25) is 9.78 Å². The second-order valence-corrected chi connectivity index (χ2v) is 5.96. The molecule has 0 saturated carbocycles. The number of aryl methyl sites for hydroxylation is 1. The minimum absolute atomic E-state index is 0.254. The van der Waals surface area contributed by atoms with Gasteiger partial charge in [0.25, 0.3) is 0 Å². The first kappa shape index (κ1) is 14.8. The molecule has 0 aromatic carbocycles. The molecule has 22 heavy (non-hydrogen) atoms. The molecule has 5 heteroatoms. The molecule has 0 N–H and O–H groups in total. The number of carbonyl (C=O) groups excluding carboxylic acids is 1. The van der Waals surface area contributed by atoms with E-state index in [1.165, 1.54) is 12.0 Å². The highest BCUT2D eigenvalue weighted by Gasteiger charge is 2.23. The third-order valence-corrected chi connectivity index (χ3v) is 4.26. The highest BCUT2D eigenvalue weighted by Crippen LogP contribution is 2.21. The molecule has 1 amide bonds. The van der Waals surface area contributed by atoms with Gasteiger partial charge in [-0.1, -0.05) is 6.07 Å².